The van der Waals surface area contributed by atoms with Gasteiger partial charge in [-0.05, 0) is 24.1 Å². The third-order valence-electron chi connectivity index (χ3n) is 2.35. The standard InChI is InChI=1S/C10H13N5/c1-8(4-11)9-2-3-10(13-5-9)15-7-12-6-14-15/h2-3,5-8H,4,11H2,1H3. The Balaban J connectivity index is 2.25. The van der Waals surface area contributed by atoms with E-state index in [1.807, 2.05) is 18.3 Å². The van der Waals surface area contributed by atoms with Gasteiger partial charge in [-0.2, -0.15) is 5.10 Å². The first kappa shape index (κ1) is 9.79. The average molecular weight is 203 g/mol. The molecular weight excluding hydrogens is 190 g/mol. The van der Waals surface area contributed by atoms with Gasteiger partial charge in [0, 0.05) is 6.20 Å². The van der Waals surface area contributed by atoms with Crippen LogP contribution in [0.25, 0.3) is 5.82 Å². The van der Waals surface area contributed by atoms with E-state index in [1.165, 1.54) is 6.33 Å². The summed E-state index contributed by atoms with van der Waals surface area (Å²) < 4.78 is 1.62. The number of pyridine rings is 1. The van der Waals surface area contributed by atoms with Gasteiger partial charge in [0.1, 0.15) is 12.7 Å². The van der Waals surface area contributed by atoms with E-state index >= 15 is 0 Å². The summed E-state index contributed by atoms with van der Waals surface area (Å²) in [7, 11) is 0. The van der Waals surface area contributed by atoms with Gasteiger partial charge < -0.3 is 5.73 Å². The van der Waals surface area contributed by atoms with E-state index in [0.717, 1.165) is 11.4 Å². The summed E-state index contributed by atoms with van der Waals surface area (Å²) in [4.78, 5) is 8.16. The van der Waals surface area contributed by atoms with Crippen LogP contribution in [0, 0.1) is 0 Å². The molecule has 0 aliphatic rings. The lowest BCUT2D eigenvalue weighted by Crippen LogP contribution is -2.09. The van der Waals surface area contributed by atoms with Gasteiger partial charge in [0.15, 0.2) is 5.82 Å². The molecule has 2 heterocycles. The van der Waals surface area contributed by atoms with Crippen LogP contribution in [-0.4, -0.2) is 26.3 Å². The molecular formula is C10H13N5. The Bertz CT molecular complexity index is 406. The fraction of sp³-hybridized carbons (Fsp3) is 0.300. The predicted octanol–water partition coefficient (Wildman–Crippen LogP) is 0.725. The van der Waals surface area contributed by atoms with Gasteiger partial charge in [-0.3, -0.25) is 0 Å². The number of nitrogens with zero attached hydrogens (tertiary/aromatic N) is 4. The molecule has 0 amide bonds. The van der Waals surface area contributed by atoms with E-state index in [1.54, 1.807) is 11.0 Å². The summed E-state index contributed by atoms with van der Waals surface area (Å²) in [6.07, 6.45) is 4.93. The summed E-state index contributed by atoms with van der Waals surface area (Å²) in [5.74, 6) is 1.10. The van der Waals surface area contributed by atoms with Crippen LogP contribution in [0.1, 0.15) is 18.4 Å². The second-order valence-electron chi connectivity index (χ2n) is 3.43. The highest BCUT2D eigenvalue weighted by molar-refractivity contribution is 5.25. The van der Waals surface area contributed by atoms with Crippen LogP contribution in [0.15, 0.2) is 31.0 Å². The molecule has 2 aromatic heterocycles. The van der Waals surface area contributed by atoms with Crippen molar-refractivity contribution in [3.05, 3.63) is 36.5 Å². The fourth-order valence-electron chi connectivity index (χ4n) is 1.29. The summed E-state index contributed by atoms with van der Waals surface area (Å²) in [5.41, 5.74) is 6.72. The molecule has 0 bridgehead atoms. The Hall–Kier alpha value is -1.75. The maximum Gasteiger partial charge on any atom is 0.155 e. The monoisotopic (exact) mass is 203 g/mol. The minimum Gasteiger partial charge on any atom is -0.330 e. The highest BCUT2D eigenvalue weighted by Gasteiger charge is 2.04. The maximum atomic E-state index is 5.58. The quantitative estimate of drug-likeness (QED) is 0.798. The summed E-state index contributed by atoms with van der Waals surface area (Å²) in [5, 5.41) is 4.00. The molecule has 1 atom stereocenters. The van der Waals surface area contributed by atoms with Crippen molar-refractivity contribution < 1.29 is 0 Å². The molecule has 0 radical (unpaired) electrons. The minimum atomic E-state index is 0.335. The predicted molar refractivity (Wildman–Crippen MR) is 56.6 cm³/mol. The van der Waals surface area contributed by atoms with Crippen LogP contribution in [0.3, 0.4) is 0 Å². The Labute approximate surface area is 88.0 Å². The molecule has 2 N–H and O–H groups in total. The van der Waals surface area contributed by atoms with E-state index in [0.29, 0.717) is 12.5 Å². The third-order valence-corrected chi connectivity index (χ3v) is 2.35. The van der Waals surface area contributed by atoms with Crippen molar-refractivity contribution in [2.24, 2.45) is 5.73 Å². The van der Waals surface area contributed by atoms with Gasteiger partial charge in [0.25, 0.3) is 0 Å². The van der Waals surface area contributed by atoms with Crippen LogP contribution in [0.5, 0.6) is 0 Å². The Morgan fingerprint density at radius 1 is 1.47 bits per heavy atom. The van der Waals surface area contributed by atoms with Crippen LogP contribution < -0.4 is 5.73 Å². The van der Waals surface area contributed by atoms with Gasteiger partial charge >= 0.3 is 0 Å². The first-order valence-corrected chi connectivity index (χ1v) is 4.82. The molecule has 15 heavy (non-hydrogen) atoms. The Morgan fingerprint density at radius 3 is 2.87 bits per heavy atom. The van der Waals surface area contributed by atoms with Crippen LogP contribution in [0.4, 0.5) is 0 Å². The van der Waals surface area contributed by atoms with Crippen molar-refractivity contribution in [2.45, 2.75) is 12.8 Å². The molecule has 2 aromatic rings. The molecule has 0 aromatic carbocycles. The third kappa shape index (κ3) is 2.02. The fourth-order valence-corrected chi connectivity index (χ4v) is 1.29. The molecule has 78 valence electrons. The molecule has 0 saturated carbocycles. The van der Waals surface area contributed by atoms with Gasteiger partial charge in [0.05, 0.1) is 0 Å². The van der Waals surface area contributed by atoms with Gasteiger partial charge in [-0.15, -0.1) is 0 Å². The van der Waals surface area contributed by atoms with Crippen molar-refractivity contribution in [2.75, 3.05) is 6.54 Å². The first-order valence-electron chi connectivity index (χ1n) is 4.82. The normalized spacial score (nSPS) is 12.7. The topological polar surface area (TPSA) is 69.6 Å². The zero-order valence-corrected chi connectivity index (χ0v) is 8.54. The van der Waals surface area contributed by atoms with Gasteiger partial charge in [0.2, 0.25) is 0 Å². The number of hydrogen-bond donors (Lipinski definition) is 1. The van der Waals surface area contributed by atoms with Crippen molar-refractivity contribution in [1.29, 1.82) is 0 Å². The molecule has 2 rings (SSSR count). The second kappa shape index (κ2) is 4.18. The van der Waals surface area contributed by atoms with Crippen molar-refractivity contribution >= 4 is 0 Å². The minimum absolute atomic E-state index is 0.335. The lowest BCUT2D eigenvalue weighted by Gasteiger charge is -2.08. The number of rotatable bonds is 3. The van der Waals surface area contributed by atoms with Gasteiger partial charge in [-0.1, -0.05) is 13.0 Å². The highest BCUT2D eigenvalue weighted by atomic mass is 15.3. The molecule has 0 saturated heterocycles. The van der Waals surface area contributed by atoms with Crippen LogP contribution >= 0.6 is 0 Å². The van der Waals surface area contributed by atoms with Gasteiger partial charge in [-0.25, -0.2) is 14.6 Å². The van der Waals surface area contributed by atoms with E-state index in [4.69, 9.17) is 5.73 Å². The number of aromatic nitrogens is 4. The molecule has 5 heteroatoms. The molecule has 0 spiro atoms. The zero-order valence-electron chi connectivity index (χ0n) is 8.54. The lowest BCUT2D eigenvalue weighted by molar-refractivity contribution is 0.763. The van der Waals surface area contributed by atoms with Crippen molar-refractivity contribution in [1.82, 2.24) is 19.7 Å². The molecule has 5 nitrogen and oxygen atoms in total. The van der Waals surface area contributed by atoms with E-state index in [9.17, 15) is 0 Å². The molecule has 0 aliphatic heterocycles. The van der Waals surface area contributed by atoms with E-state index in [-0.39, 0.29) is 0 Å². The van der Waals surface area contributed by atoms with Crippen LogP contribution in [0.2, 0.25) is 0 Å². The first-order chi connectivity index (χ1) is 7.31. The highest BCUT2D eigenvalue weighted by Crippen LogP contribution is 2.13. The molecule has 0 aliphatic carbocycles. The largest absolute Gasteiger partial charge is 0.330 e. The molecule has 0 fully saturated rings. The van der Waals surface area contributed by atoms with Crippen molar-refractivity contribution in [3.8, 4) is 5.82 Å². The Morgan fingerprint density at radius 2 is 2.33 bits per heavy atom. The lowest BCUT2D eigenvalue weighted by atomic mass is 10.0. The Kier molecular flexibility index (Phi) is 2.73. The SMILES string of the molecule is CC(CN)c1ccc(-n2cncn2)nc1. The summed E-state index contributed by atoms with van der Waals surface area (Å²) in [6.45, 7) is 2.70. The number of nitrogens with two attached hydrogens (primary N) is 1. The summed E-state index contributed by atoms with van der Waals surface area (Å²) >= 11 is 0. The zero-order chi connectivity index (χ0) is 10.7. The van der Waals surface area contributed by atoms with E-state index in [2.05, 4.69) is 22.0 Å². The second-order valence-corrected chi connectivity index (χ2v) is 3.43. The van der Waals surface area contributed by atoms with Crippen molar-refractivity contribution in [3.63, 3.8) is 0 Å². The van der Waals surface area contributed by atoms with E-state index < -0.39 is 0 Å². The average Bonchev–Trinajstić information content (AvgIpc) is 2.82. The number of hydrogen-bond acceptors (Lipinski definition) is 4. The smallest absolute Gasteiger partial charge is 0.155 e. The maximum absolute atomic E-state index is 5.58. The molecule has 1 unspecified atom stereocenters. The summed E-state index contributed by atoms with van der Waals surface area (Å²) in [6, 6.07) is 3.93. The van der Waals surface area contributed by atoms with Crippen LogP contribution in [-0.2, 0) is 0 Å².